The Morgan fingerprint density at radius 1 is 1.48 bits per heavy atom. The highest BCUT2D eigenvalue weighted by atomic mass is 32.2. The van der Waals surface area contributed by atoms with Crippen LogP contribution in [0.2, 0.25) is 0 Å². The standard InChI is InChI=1S/C15H19NO4S/c1-18-15(6-7-21-10-15)9-16-14(17)13-8-19-11-4-2-3-5-12(11)20-13/h2-5,13H,6-10H2,1H3,(H,16,17)/t13-,15-/m1/s1. The number of fused-ring (bicyclic) bond motifs is 1. The zero-order chi connectivity index (χ0) is 14.7. The van der Waals surface area contributed by atoms with Gasteiger partial charge in [-0.1, -0.05) is 12.1 Å². The molecule has 0 bridgehead atoms. The van der Waals surface area contributed by atoms with Crippen LogP contribution in [0.5, 0.6) is 11.5 Å². The summed E-state index contributed by atoms with van der Waals surface area (Å²) >= 11 is 1.85. The van der Waals surface area contributed by atoms with Gasteiger partial charge in [-0.2, -0.15) is 11.8 Å². The van der Waals surface area contributed by atoms with Crippen LogP contribution >= 0.6 is 11.8 Å². The maximum atomic E-state index is 12.2. The van der Waals surface area contributed by atoms with Crippen molar-refractivity contribution in [1.82, 2.24) is 5.32 Å². The number of hydrogen-bond donors (Lipinski definition) is 1. The van der Waals surface area contributed by atoms with Gasteiger partial charge in [-0.05, 0) is 24.3 Å². The quantitative estimate of drug-likeness (QED) is 0.912. The van der Waals surface area contributed by atoms with Crippen LogP contribution in [0.3, 0.4) is 0 Å². The Labute approximate surface area is 128 Å². The lowest BCUT2D eigenvalue weighted by atomic mass is 10.0. The van der Waals surface area contributed by atoms with Crippen LogP contribution in [0.15, 0.2) is 24.3 Å². The molecule has 2 atom stereocenters. The molecule has 1 saturated heterocycles. The van der Waals surface area contributed by atoms with Gasteiger partial charge in [0.05, 0.1) is 5.60 Å². The zero-order valence-electron chi connectivity index (χ0n) is 12.0. The van der Waals surface area contributed by atoms with E-state index in [0.717, 1.165) is 17.9 Å². The van der Waals surface area contributed by atoms with E-state index in [1.54, 1.807) is 13.2 Å². The minimum absolute atomic E-state index is 0.155. The van der Waals surface area contributed by atoms with Crippen molar-refractivity contribution in [2.24, 2.45) is 0 Å². The van der Waals surface area contributed by atoms with E-state index in [0.29, 0.717) is 18.0 Å². The van der Waals surface area contributed by atoms with Gasteiger partial charge in [-0.15, -0.1) is 0 Å². The summed E-state index contributed by atoms with van der Waals surface area (Å²) in [5.74, 6) is 3.12. The Kier molecular flexibility index (Phi) is 4.26. The van der Waals surface area contributed by atoms with Crippen molar-refractivity contribution < 1.29 is 19.0 Å². The Bertz CT molecular complexity index is 516. The van der Waals surface area contributed by atoms with Gasteiger partial charge in [0.15, 0.2) is 11.5 Å². The number of hydrogen-bond acceptors (Lipinski definition) is 5. The van der Waals surface area contributed by atoms with E-state index in [1.165, 1.54) is 0 Å². The number of para-hydroxylation sites is 2. The predicted octanol–water partition coefficient (Wildman–Crippen LogP) is 1.46. The lowest BCUT2D eigenvalue weighted by molar-refractivity contribution is -0.131. The smallest absolute Gasteiger partial charge is 0.264 e. The van der Waals surface area contributed by atoms with Crippen LogP contribution < -0.4 is 14.8 Å². The summed E-state index contributed by atoms with van der Waals surface area (Å²) in [6.07, 6.45) is 0.349. The second-order valence-corrected chi connectivity index (χ2v) is 6.38. The summed E-state index contributed by atoms with van der Waals surface area (Å²) in [5.41, 5.74) is -0.242. The fourth-order valence-corrected chi connectivity index (χ4v) is 3.87. The Balaban J connectivity index is 1.57. The molecule has 0 aromatic heterocycles. The minimum Gasteiger partial charge on any atom is -0.485 e. The molecule has 1 aromatic carbocycles. The molecule has 1 N–H and O–H groups in total. The zero-order valence-corrected chi connectivity index (χ0v) is 12.8. The number of nitrogens with one attached hydrogen (secondary N) is 1. The fourth-order valence-electron chi connectivity index (χ4n) is 2.47. The monoisotopic (exact) mass is 309 g/mol. The second kappa shape index (κ2) is 6.15. The summed E-state index contributed by atoms with van der Waals surface area (Å²) in [4.78, 5) is 12.2. The van der Waals surface area contributed by atoms with Crippen molar-refractivity contribution in [3.8, 4) is 11.5 Å². The highest BCUT2D eigenvalue weighted by Crippen LogP contribution is 2.32. The van der Waals surface area contributed by atoms with Gasteiger partial charge in [0.1, 0.15) is 6.61 Å². The van der Waals surface area contributed by atoms with Gasteiger partial charge in [-0.3, -0.25) is 4.79 Å². The average molecular weight is 309 g/mol. The molecule has 1 amide bonds. The summed E-state index contributed by atoms with van der Waals surface area (Å²) < 4.78 is 16.8. The van der Waals surface area contributed by atoms with Crippen molar-refractivity contribution in [1.29, 1.82) is 0 Å². The van der Waals surface area contributed by atoms with E-state index in [2.05, 4.69) is 5.32 Å². The molecule has 0 unspecified atom stereocenters. The molecule has 2 heterocycles. The van der Waals surface area contributed by atoms with Crippen LogP contribution in [-0.4, -0.2) is 49.4 Å². The van der Waals surface area contributed by atoms with Gasteiger partial charge in [0.2, 0.25) is 6.10 Å². The third-order valence-electron chi connectivity index (χ3n) is 3.89. The first kappa shape index (κ1) is 14.5. The number of carbonyl (C=O) groups is 1. The first-order valence-corrected chi connectivity index (χ1v) is 8.17. The first-order chi connectivity index (χ1) is 10.2. The number of carbonyl (C=O) groups excluding carboxylic acids is 1. The highest BCUT2D eigenvalue weighted by Gasteiger charge is 2.36. The lowest BCUT2D eigenvalue weighted by Gasteiger charge is -2.29. The summed E-state index contributed by atoms with van der Waals surface area (Å²) in [6.45, 7) is 0.744. The fraction of sp³-hybridized carbons (Fsp3) is 0.533. The SMILES string of the molecule is CO[C@@]1(CNC(=O)[C@H]2COc3ccccc3O2)CCSC1. The molecule has 0 saturated carbocycles. The lowest BCUT2D eigenvalue weighted by Crippen LogP contribution is -2.50. The van der Waals surface area contributed by atoms with Crippen LogP contribution in [0.4, 0.5) is 0 Å². The first-order valence-electron chi connectivity index (χ1n) is 7.01. The molecule has 3 rings (SSSR count). The van der Waals surface area contributed by atoms with Crippen molar-refractivity contribution in [3.05, 3.63) is 24.3 Å². The Morgan fingerprint density at radius 2 is 2.29 bits per heavy atom. The van der Waals surface area contributed by atoms with Crippen LogP contribution in [0.1, 0.15) is 6.42 Å². The van der Waals surface area contributed by atoms with Gasteiger partial charge < -0.3 is 19.5 Å². The molecule has 6 heteroatoms. The van der Waals surface area contributed by atoms with Crippen LogP contribution in [0.25, 0.3) is 0 Å². The van der Waals surface area contributed by atoms with E-state index < -0.39 is 6.10 Å². The summed E-state index contributed by atoms with van der Waals surface area (Å²) in [6, 6.07) is 7.37. The van der Waals surface area contributed by atoms with Gasteiger partial charge in [-0.25, -0.2) is 0 Å². The molecular weight excluding hydrogens is 290 g/mol. The normalized spacial score (nSPS) is 27.4. The predicted molar refractivity (Wildman–Crippen MR) is 81.0 cm³/mol. The van der Waals surface area contributed by atoms with Gasteiger partial charge >= 0.3 is 0 Å². The van der Waals surface area contributed by atoms with Crippen molar-refractivity contribution >= 4 is 17.7 Å². The maximum absolute atomic E-state index is 12.2. The largest absolute Gasteiger partial charge is 0.485 e. The number of rotatable bonds is 4. The highest BCUT2D eigenvalue weighted by molar-refractivity contribution is 7.99. The molecule has 0 radical (unpaired) electrons. The van der Waals surface area contributed by atoms with E-state index in [9.17, 15) is 4.79 Å². The third kappa shape index (κ3) is 3.11. The maximum Gasteiger partial charge on any atom is 0.264 e. The molecule has 2 aliphatic heterocycles. The van der Waals surface area contributed by atoms with Crippen LogP contribution in [0, 0.1) is 0 Å². The molecule has 1 aromatic rings. The Hall–Kier alpha value is -1.40. The van der Waals surface area contributed by atoms with Crippen molar-refractivity contribution in [2.45, 2.75) is 18.1 Å². The van der Waals surface area contributed by atoms with Gasteiger partial charge in [0.25, 0.3) is 5.91 Å². The number of methoxy groups -OCH3 is 1. The van der Waals surface area contributed by atoms with Crippen molar-refractivity contribution in [2.75, 3.05) is 31.8 Å². The van der Waals surface area contributed by atoms with E-state index in [-0.39, 0.29) is 18.1 Å². The number of thioether (sulfide) groups is 1. The molecule has 2 aliphatic rings. The molecule has 0 spiro atoms. The topological polar surface area (TPSA) is 56.8 Å². The summed E-state index contributed by atoms with van der Waals surface area (Å²) in [5, 5.41) is 2.93. The molecule has 21 heavy (non-hydrogen) atoms. The van der Waals surface area contributed by atoms with Crippen molar-refractivity contribution in [3.63, 3.8) is 0 Å². The van der Waals surface area contributed by atoms with E-state index in [4.69, 9.17) is 14.2 Å². The summed E-state index contributed by atoms with van der Waals surface area (Å²) in [7, 11) is 1.70. The van der Waals surface area contributed by atoms with Gasteiger partial charge in [0, 0.05) is 19.4 Å². The second-order valence-electron chi connectivity index (χ2n) is 5.27. The number of benzene rings is 1. The molecule has 1 fully saturated rings. The third-order valence-corrected chi connectivity index (χ3v) is 5.11. The van der Waals surface area contributed by atoms with E-state index in [1.807, 2.05) is 30.0 Å². The molecular formula is C15H19NO4S. The van der Waals surface area contributed by atoms with E-state index >= 15 is 0 Å². The minimum atomic E-state index is -0.608. The molecule has 114 valence electrons. The molecule has 0 aliphatic carbocycles. The average Bonchev–Trinajstić information content (AvgIpc) is 3.01. The Morgan fingerprint density at radius 3 is 3.00 bits per heavy atom. The van der Waals surface area contributed by atoms with Crippen LogP contribution in [-0.2, 0) is 9.53 Å². The number of ether oxygens (including phenoxy) is 3. The number of amides is 1. The molecule has 5 nitrogen and oxygen atoms in total.